The molecule has 1 N–H and O–H groups in total. The number of anilines is 1. The molecule has 0 fully saturated rings. The first-order chi connectivity index (χ1) is 14.9. The number of nitrogens with zero attached hydrogens (tertiary/aromatic N) is 1. The van der Waals surface area contributed by atoms with Gasteiger partial charge in [0.1, 0.15) is 18.9 Å². The molecule has 31 heavy (non-hydrogen) atoms. The quantitative estimate of drug-likeness (QED) is 0.552. The van der Waals surface area contributed by atoms with E-state index in [1.54, 1.807) is 48.5 Å². The van der Waals surface area contributed by atoms with Gasteiger partial charge in [-0.05, 0) is 49.7 Å². The molecule has 1 atom stereocenters. The second-order valence-corrected chi connectivity index (χ2v) is 9.07. The Hall–Kier alpha value is -3.32. The predicted molar refractivity (Wildman–Crippen MR) is 122 cm³/mol. The summed E-state index contributed by atoms with van der Waals surface area (Å²) in [6.45, 7) is 3.70. The highest BCUT2D eigenvalue weighted by atomic mass is 32.2. The summed E-state index contributed by atoms with van der Waals surface area (Å²) >= 11 is 0. The Bertz CT molecular complexity index is 1100. The SMILES string of the molecule is Cc1ccccc1OC[C@@H](C)NC(=O)CN(c1ccccc1)S(=O)(=O)c1ccccc1. The number of nitrogens with one attached hydrogen (secondary N) is 1. The third-order valence-corrected chi connectivity index (χ3v) is 6.44. The monoisotopic (exact) mass is 438 g/mol. The molecule has 7 heteroatoms. The minimum absolute atomic E-state index is 0.127. The van der Waals surface area contributed by atoms with Crippen molar-refractivity contribution in [1.29, 1.82) is 0 Å². The van der Waals surface area contributed by atoms with Crippen LogP contribution in [0.3, 0.4) is 0 Å². The van der Waals surface area contributed by atoms with Crippen molar-refractivity contribution in [1.82, 2.24) is 5.32 Å². The Balaban J connectivity index is 1.71. The molecule has 3 aromatic carbocycles. The van der Waals surface area contributed by atoms with Crippen LogP contribution in [0.1, 0.15) is 12.5 Å². The fourth-order valence-electron chi connectivity index (χ4n) is 3.05. The average molecular weight is 439 g/mol. The van der Waals surface area contributed by atoms with Crippen molar-refractivity contribution in [2.75, 3.05) is 17.5 Å². The van der Waals surface area contributed by atoms with Crippen molar-refractivity contribution >= 4 is 21.6 Å². The van der Waals surface area contributed by atoms with E-state index in [4.69, 9.17) is 4.74 Å². The number of amides is 1. The first kappa shape index (κ1) is 22.4. The van der Waals surface area contributed by atoms with Gasteiger partial charge >= 0.3 is 0 Å². The van der Waals surface area contributed by atoms with Crippen LogP contribution in [0, 0.1) is 6.92 Å². The smallest absolute Gasteiger partial charge is 0.264 e. The summed E-state index contributed by atoms with van der Waals surface area (Å²) in [7, 11) is -3.90. The van der Waals surface area contributed by atoms with Crippen molar-refractivity contribution in [3.8, 4) is 5.75 Å². The van der Waals surface area contributed by atoms with Gasteiger partial charge in [0.15, 0.2) is 0 Å². The number of aryl methyl sites for hydroxylation is 1. The van der Waals surface area contributed by atoms with Crippen molar-refractivity contribution in [3.05, 3.63) is 90.5 Å². The summed E-state index contributed by atoms with van der Waals surface area (Å²) < 4.78 is 33.3. The molecule has 0 spiro atoms. The largest absolute Gasteiger partial charge is 0.491 e. The van der Waals surface area contributed by atoms with E-state index >= 15 is 0 Å². The van der Waals surface area contributed by atoms with Crippen LogP contribution in [0.5, 0.6) is 5.75 Å². The molecular weight excluding hydrogens is 412 g/mol. The van der Waals surface area contributed by atoms with Crippen molar-refractivity contribution in [3.63, 3.8) is 0 Å². The number of carbonyl (C=O) groups is 1. The van der Waals surface area contributed by atoms with E-state index in [0.29, 0.717) is 5.69 Å². The van der Waals surface area contributed by atoms with E-state index in [2.05, 4.69) is 5.32 Å². The minimum Gasteiger partial charge on any atom is -0.491 e. The number of hydrogen-bond acceptors (Lipinski definition) is 4. The number of para-hydroxylation sites is 2. The molecule has 6 nitrogen and oxygen atoms in total. The molecule has 3 rings (SSSR count). The molecule has 0 aliphatic rings. The fraction of sp³-hybridized carbons (Fsp3) is 0.208. The van der Waals surface area contributed by atoms with Crippen LogP contribution < -0.4 is 14.4 Å². The molecule has 162 valence electrons. The Labute approximate surface area is 183 Å². The number of rotatable bonds is 9. The molecular formula is C24H26N2O4S. The molecule has 0 radical (unpaired) electrons. The Morgan fingerprint density at radius 1 is 0.935 bits per heavy atom. The number of sulfonamides is 1. The van der Waals surface area contributed by atoms with Gasteiger partial charge in [-0.1, -0.05) is 54.6 Å². The second kappa shape index (κ2) is 10.1. The lowest BCUT2D eigenvalue weighted by Gasteiger charge is -2.25. The molecule has 1 amide bonds. The van der Waals surface area contributed by atoms with Gasteiger partial charge in [-0.3, -0.25) is 9.10 Å². The third kappa shape index (κ3) is 5.86. The van der Waals surface area contributed by atoms with Gasteiger partial charge in [-0.2, -0.15) is 0 Å². The molecule has 0 aliphatic heterocycles. The Morgan fingerprint density at radius 3 is 2.16 bits per heavy atom. The number of hydrogen-bond donors (Lipinski definition) is 1. The third-order valence-electron chi connectivity index (χ3n) is 4.65. The van der Waals surface area contributed by atoms with Gasteiger partial charge < -0.3 is 10.1 Å². The normalized spacial score (nSPS) is 12.1. The minimum atomic E-state index is -3.90. The van der Waals surface area contributed by atoms with Crippen LogP contribution in [0.15, 0.2) is 89.8 Å². The van der Waals surface area contributed by atoms with Crippen LogP contribution in [-0.2, 0) is 14.8 Å². The lowest BCUT2D eigenvalue weighted by Crippen LogP contribution is -2.45. The Kier molecular flexibility index (Phi) is 7.31. The van der Waals surface area contributed by atoms with Gasteiger partial charge in [0.05, 0.1) is 16.6 Å². The summed E-state index contributed by atoms with van der Waals surface area (Å²) in [6.07, 6.45) is 0. The highest BCUT2D eigenvalue weighted by Gasteiger charge is 2.27. The topological polar surface area (TPSA) is 75.7 Å². The second-order valence-electron chi connectivity index (χ2n) is 7.21. The highest BCUT2D eigenvalue weighted by molar-refractivity contribution is 7.92. The molecule has 3 aromatic rings. The maximum absolute atomic E-state index is 13.2. The maximum atomic E-state index is 13.2. The average Bonchev–Trinajstić information content (AvgIpc) is 2.78. The van der Waals surface area contributed by atoms with Gasteiger partial charge in [-0.25, -0.2) is 8.42 Å². The van der Waals surface area contributed by atoms with Gasteiger partial charge in [0.2, 0.25) is 5.91 Å². The molecule has 0 heterocycles. The first-order valence-corrected chi connectivity index (χ1v) is 11.4. The summed E-state index contributed by atoms with van der Waals surface area (Å²) in [4.78, 5) is 12.8. The van der Waals surface area contributed by atoms with Gasteiger partial charge in [-0.15, -0.1) is 0 Å². The van der Waals surface area contributed by atoms with E-state index in [0.717, 1.165) is 15.6 Å². The van der Waals surface area contributed by atoms with E-state index in [-0.39, 0.29) is 24.1 Å². The summed E-state index contributed by atoms with van der Waals surface area (Å²) in [5.41, 5.74) is 1.43. The molecule has 0 unspecified atom stereocenters. The molecule has 0 bridgehead atoms. The number of carbonyl (C=O) groups excluding carboxylic acids is 1. The zero-order valence-corrected chi connectivity index (χ0v) is 18.4. The standard InChI is InChI=1S/C24H26N2O4S/c1-19-11-9-10-16-23(19)30-18-20(2)25-24(27)17-26(21-12-5-3-6-13-21)31(28,29)22-14-7-4-8-15-22/h3-16,20H,17-18H2,1-2H3,(H,25,27)/t20-/m1/s1. The van der Waals surface area contributed by atoms with Crippen LogP contribution in [0.2, 0.25) is 0 Å². The van der Waals surface area contributed by atoms with Crippen molar-refractivity contribution < 1.29 is 17.9 Å². The summed E-state index contributed by atoms with van der Waals surface area (Å²) in [5.74, 6) is 0.338. The van der Waals surface area contributed by atoms with E-state index in [1.807, 2.05) is 38.1 Å². The lowest BCUT2D eigenvalue weighted by atomic mass is 10.2. The molecule has 0 saturated carbocycles. The van der Waals surface area contributed by atoms with Crippen molar-refractivity contribution in [2.24, 2.45) is 0 Å². The summed E-state index contributed by atoms with van der Waals surface area (Å²) in [5, 5.41) is 2.82. The van der Waals surface area contributed by atoms with Crippen LogP contribution in [0.4, 0.5) is 5.69 Å². The van der Waals surface area contributed by atoms with Gasteiger partial charge in [0.25, 0.3) is 10.0 Å². The van der Waals surface area contributed by atoms with Crippen molar-refractivity contribution in [2.45, 2.75) is 24.8 Å². The maximum Gasteiger partial charge on any atom is 0.264 e. The lowest BCUT2D eigenvalue weighted by molar-refractivity contribution is -0.120. The van der Waals surface area contributed by atoms with E-state index < -0.39 is 15.9 Å². The molecule has 0 aromatic heterocycles. The zero-order chi connectivity index (χ0) is 22.3. The molecule has 0 aliphatic carbocycles. The van der Waals surface area contributed by atoms with Gasteiger partial charge in [0, 0.05) is 0 Å². The van der Waals surface area contributed by atoms with Crippen LogP contribution in [-0.4, -0.2) is 33.5 Å². The fourth-order valence-corrected chi connectivity index (χ4v) is 4.50. The number of benzene rings is 3. The Morgan fingerprint density at radius 2 is 1.52 bits per heavy atom. The van der Waals surface area contributed by atoms with E-state index in [9.17, 15) is 13.2 Å². The highest BCUT2D eigenvalue weighted by Crippen LogP contribution is 2.23. The summed E-state index contributed by atoms with van der Waals surface area (Å²) in [6, 6.07) is 24.0. The zero-order valence-electron chi connectivity index (χ0n) is 17.6. The van der Waals surface area contributed by atoms with Crippen LogP contribution >= 0.6 is 0 Å². The predicted octanol–water partition coefficient (Wildman–Crippen LogP) is 3.77. The first-order valence-electron chi connectivity index (χ1n) is 9.98. The number of ether oxygens (including phenoxy) is 1. The van der Waals surface area contributed by atoms with Crippen LogP contribution in [0.25, 0.3) is 0 Å². The molecule has 0 saturated heterocycles. The van der Waals surface area contributed by atoms with E-state index in [1.165, 1.54) is 12.1 Å².